The van der Waals surface area contributed by atoms with Gasteiger partial charge in [0.25, 0.3) is 10.1 Å². The molecule has 0 aliphatic rings. The van der Waals surface area contributed by atoms with E-state index in [1.54, 1.807) is 42.5 Å². The number of hydrogen-bond donors (Lipinski definition) is 4. The van der Waals surface area contributed by atoms with E-state index in [0.29, 0.717) is 27.4 Å². The van der Waals surface area contributed by atoms with Gasteiger partial charge in [0.2, 0.25) is 34.4 Å². The number of nitrogens with zero attached hydrogens (tertiary/aromatic N) is 6. The summed E-state index contributed by atoms with van der Waals surface area (Å²) in [6.07, 6.45) is 3.29. The third kappa shape index (κ3) is 10.6. The van der Waals surface area contributed by atoms with Crippen molar-refractivity contribution in [2.75, 3.05) is 35.5 Å². The molecule has 2 aromatic heterocycles. The Hall–Kier alpha value is -5.44. The van der Waals surface area contributed by atoms with Crippen LogP contribution in [-0.2, 0) is 28.6 Å². The maximum atomic E-state index is 13.1. The molecule has 0 atom stereocenters. The van der Waals surface area contributed by atoms with E-state index in [2.05, 4.69) is 61.1 Å². The maximum absolute atomic E-state index is 13.1. The second-order valence-corrected chi connectivity index (χ2v) is 13.7. The zero-order valence-electron chi connectivity index (χ0n) is 28.1. The fourth-order valence-electron chi connectivity index (χ4n) is 4.62. The lowest BCUT2D eigenvalue weighted by atomic mass is 10.1. The first-order chi connectivity index (χ1) is 26.2. The van der Waals surface area contributed by atoms with Crippen molar-refractivity contribution < 1.29 is 26.9 Å². The van der Waals surface area contributed by atoms with Crippen LogP contribution in [0.15, 0.2) is 107 Å². The van der Waals surface area contributed by atoms with Crippen molar-refractivity contribution >= 4 is 104 Å². The van der Waals surface area contributed by atoms with Crippen molar-refractivity contribution in [3.63, 3.8) is 0 Å². The monoisotopic (exact) mass is 806 g/mol. The molecule has 20 heteroatoms. The van der Waals surface area contributed by atoms with Gasteiger partial charge in [-0.15, -0.1) is 4.33 Å². The lowest BCUT2D eigenvalue weighted by molar-refractivity contribution is -0.447. The molecule has 0 radical (unpaired) electrons. The first-order valence-corrected chi connectivity index (χ1v) is 18.4. The summed E-state index contributed by atoms with van der Waals surface area (Å²) in [7, 11) is -1.83. The van der Waals surface area contributed by atoms with E-state index in [9.17, 15) is 8.42 Å². The summed E-state index contributed by atoms with van der Waals surface area (Å²) >= 11 is 13.2. The van der Waals surface area contributed by atoms with Gasteiger partial charge >= 0.3 is 0 Å². The van der Waals surface area contributed by atoms with E-state index in [1.807, 2.05) is 60.7 Å². The van der Waals surface area contributed by atoms with Crippen LogP contribution in [0.1, 0.15) is 11.1 Å². The van der Waals surface area contributed by atoms with Gasteiger partial charge in [0.05, 0.1) is 26.3 Å². The summed E-state index contributed by atoms with van der Waals surface area (Å²) in [6.45, 7) is 0. The highest BCUT2D eigenvalue weighted by Crippen LogP contribution is 2.32. The molecule has 6 rings (SSSR count). The zero-order valence-corrected chi connectivity index (χ0v) is 31.2. The smallest absolute Gasteiger partial charge is 0.297 e. The van der Waals surface area contributed by atoms with Crippen molar-refractivity contribution in [2.24, 2.45) is 0 Å². The average Bonchev–Trinajstić information content (AvgIpc) is 3.15. The summed E-state index contributed by atoms with van der Waals surface area (Å²) in [4.78, 5) is 30.3. The number of anilines is 8. The Kier molecular flexibility index (Phi) is 12.8. The molecule has 4 N–H and O–H groups in total. The minimum absolute atomic E-state index is 0.0261. The van der Waals surface area contributed by atoms with Crippen LogP contribution < -0.4 is 21.3 Å². The van der Waals surface area contributed by atoms with Crippen LogP contribution in [-0.4, -0.2) is 52.5 Å². The Morgan fingerprint density at radius 3 is 1.56 bits per heavy atom. The second kappa shape index (κ2) is 18.1. The van der Waals surface area contributed by atoms with E-state index in [0.717, 1.165) is 30.5 Å². The van der Waals surface area contributed by atoms with Gasteiger partial charge < -0.3 is 21.3 Å². The Morgan fingerprint density at radius 2 is 1.06 bits per heavy atom. The third-order valence-electron chi connectivity index (χ3n) is 6.97. The number of halogens is 2. The molecular weight excluding hydrogens is 779 g/mol. The molecule has 0 fully saturated rings. The molecular formula is C34H28Cl2N10O6S2. The lowest BCUT2D eigenvalue weighted by Gasteiger charge is -2.12. The van der Waals surface area contributed by atoms with Crippen LogP contribution >= 0.6 is 35.2 Å². The molecule has 0 saturated carbocycles. The highest BCUT2D eigenvalue weighted by atomic mass is 35.5. The molecule has 16 nitrogen and oxygen atoms in total. The maximum Gasteiger partial charge on any atom is 0.297 e. The molecule has 2 heterocycles. The van der Waals surface area contributed by atoms with Crippen molar-refractivity contribution in [3.8, 4) is 0 Å². The molecule has 0 aliphatic carbocycles. The molecule has 0 spiro atoms. The van der Waals surface area contributed by atoms with Gasteiger partial charge in [-0.1, -0.05) is 65.7 Å². The van der Waals surface area contributed by atoms with E-state index < -0.39 is 10.1 Å². The molecule has 0 aliphatic heterocycles. The van der Waals surface area contributed by atoms with Crippen molar-refractivity contribution in [1.82, 2.24) is 29.9 Å². The average molecular weight is 808 g/mol. The first kappa shape index (κ1) is 38.3. The Labute approximate surface area is 323 Å². The minimum atomic E-state index is -4.20. The quantitative estimate of drug-likeness (QED) is 0.0182. The highest BCUT2D eigenvalue weighted by Gasteiger charge is 2.19. The predicted octanol–water partition coefficient (Wildman–Crippen LogP) is 8.36. The first-order valence-electron chi connectivity index (χ1n) is 15.5. The summed E-state index contributed by atoms with van der Waals surface area (Å²) < 4.78 is 36.2. The molecule has 54 heavy (non-hydrogen) atoms. The van der Waals surface area contributed by atoms with Gasteiger partial charge in [-0.05, 0) is 82.9 Å². The van der Waals surface area contributed by atoms with E-state index >= 15 is 0 Å². The number of benzene rings is 4. The molecule has 6 aromatic rings. The summed E-state index contributed by atoms with van der Waals surface area (Å²) in [5, 5.41) is 16.7. The van der Waals surface area contributed by atoms with E-state index in [1.165, 1.54) is 13.2 Å². The number of aromatic nitrogens is 6. The Balaban J connectivity index is 1.25. The number of para-hydroxylation sites is 2. The number of rotatable bonds is 16. The molecule has 0 bridgehead atoms. The standard InChI is InChI=1S/C34H28Cl2N10O6S2/c1-49-51-52-53-27-19-25(39-33-43-29(35)41-31(45-33)37-23-9-5-3-6-10-23)17-15-21(27)13-14-22-16-18-26(20-28(22)54(47,48)50-2)40-34-44-30(36)42-32(46-34)38-24-11-7-4-8-12-24/h3-20H,1-2H3,(H2,37,39,41,43,45)(H2,38,40,42,44,46)/b14-13+. The van der Waals surface area contributed by atoms with E-state index in [-0.39, 0.29) is 39.3 Å². The third-order valence-corrected chi connectivity index (χ3v) is 9.29. The molecule has 4 aromatic carbocycles. The molecule has 0 unspecified atom stereocenters. The zero-order chi connectivity index (χ0) is 37.9. The van der Waals surface area contributed by atoms with Crippen LogP contribution in [0.4, 0.5) is 46.5 Å². The van der Waals surface area contributed by atoms with Crippen molar-refractivity contribution in [3.05, 3.63) is 119 Å². The van der Waals surface area contributed by atoms with Gasteiger partial charge in [-0.25, -0.2) is 4.89 Å². The number of hydrogen-bond acceptors (Lipinski definition) is 17. The van der Waals surface area contributed by atoms with Gasteiger partial charge in [0, 0.05) is 27.6 Å². The van der Waals surface area contributed by atoms with Gasteiger partial charge in [0.15, 0.2) is 0 Å². The van der Waals surface area contributed by atoms with Crippen molar-refractivity contribution in [2.45, 2.75) is 9.79 Å². The number of nitrogens with one attached hydrogen (secondary N) is 4. The Bertz CT molecular complexity index is 2370. The van der Waals surface area contributed by atoms with Crippen LogP contribution in [0, 0.1) is 0 Å². The largest absolute Gasteiger partial charge is 0.324 e. The molecule has 0 amide bonds. The normalized spacial score (nSPS) is 11.4. The summed E-state index contributed by atoms with van der Waals surface area (Å²) in [5.74, 6) is 0.673. The SMILES string of the molecule is COOOSc1cc(Nc2nc(Cl)nc(Nc3ccccc3)n2)ccc1/C=C/c1ccc(Nc2nc(Cl)nc(Nc3ccccc3)n2)cc1S(=O)(=O)OC. The fourth-order valence-corrected chi connectivity index (χ4v) is 6.38. The topological polar surface area (TPSA) is 197 Å². The highest BCUT2D eigenvalue weighted by molar-refractivity contribution is 7.94. The predicted molar refractivity (Wildman–Crippen MR) is 207 cm³/mol. The van der Waals surface area contributed by atoms with Gasteiger partial charge in [0.1, 0.15) is 4.90 Å². The fraction of sp³-hybridized carbons (Fsp3) is 0.0588. The molecule has 0 saturated heterocycles. The van der Waals surface area contributed by atoms with Crippen LogP contribution in [0.25, 0.3) is 12.2 Å². The van der Waals surface area contributed by atoms with E-state index in [4.69, 9.17) is 31.7 Å². The van der Waals surface area contributed by atoms with Gasteiger partial charge in [-0.3, -0.25) is 4.18 Å². The summed E-state index contributed by atoms with van der Waals surface area (Å²) in [5.41, 5.74) is 3.33. The molecule has 276 valence electrons. The second-order valence-electron chi connectivity index (χ2n) is 10.6. The summed E-state index contributed by atoms with van der Waals surface area (Å²) in [6, 6.07) is 28.5. The van der Waals surface area contributed by atoms with Crippen LogP contribution in [0.5, 0.6) is 0 Å². The minimum Gasteiger partial charge on any atom is -0.324 e. The Morgan fingerprint density at radius 1 is 0.593 bits per heavy atom. The van der Waals surface area contributed by atoms with Crippen LogP contribution in [0.2, 0.25) is 10.6 Å². The van der Waals surface area contributed by atoms with Crippen LogP contribution in [0.3, 0.4) is 0 Å². The van der Waals surface area contributed by atoms with Crippen molar-refractivity contribution in [1.29, 1.82) is 0 Å². The van der Waals surface area contributed by atoms with Gasteiger partial charge in [-0.2, -0.15) is 38.3 Å². The lowest BCUT2D eigenvalue weighted by Crippen LogP contribution is -2.07.